The van der Waals surface area contributed by atoms with Crippen molar-refractivity contribution in [3.63, 3.8) is 0 Å². The highest BCUT2D eigenvalue weighted by Gasteiger charge is 2.25. The van der Waals surface area contributed by atoms with E-state index in [0.29, 0.717) is 16.5 Å². The number of hydrogen-bond acceptors (Lipinski definition) is 6. The number of aryl methyl sites for hydroxylation is 1. The minimum Gasteiger partial charge on any atom is -0.480 e. The van der Waals surface area contributed by atoms with E-state index in [-0.39, 0.29) is 22.6 Å². The van der Waals surface area contributed by atoms with Crippen LogP contribution in [0.4, 0.5) is 10.5 Å². The first kappa shape index (κ1) is 22.9. The first-order valence-corrected chi connectivity index (χ1v) is 10.9. The molecule has 0 atom stereocenters. The van der Waals surface area contributed by atoms with E-state index >= 15 is 0 Å². The first-order valence-electron chi connectivity index (χ1n) is 9.01. The summed E-state index contributed by atoms with van der Waals surface area (Å²) in [5.74, 6) is 0.317. The number of urea groups is 1. The number of anilines is 1. The molecular formula is C19H25ClN4O4S. The van der Waals surface area contributed by atoms with Gasteiger partial charge in [0.05, 0.1) is 13.3 Å². The Morgan fingerprint density at radius 1 is 1.14 bits per heavy atom. The standard InChI is InChI=1S/C19H25ClN4O4S/c1-10(2)14-7-13(20)8-15(11(3)4)17(14)23-19(25)24-29(26,27)16-9-21-12(5)22-18(16)28-6/h7-11H,1-6H3,(H2,23,24,25). The number of aromatic nitrogens is 2. The Balaban J connectivity index is 2.39. The zero-order valence-electron chi connectivity index (χ0n) is 17.2. The molecule has 2 aromatic rings. The zero-order valence-corrected chi connectivity index (χ0v) is 18.8. The van der Waals surface area contributed by atoms with Crippen molar-refractivity contribution < 1.29 is 17.9 Å². The average Bonchev–Trinajstić information content (AvgIpc) is 2.61. The van der Waals surface area contributed by atoms with Gasteiger partial charge in [-0.25, -0.2) is 22.9 Å². The molecule has 158 valence electrons. The summed E-state index contributed by atoms with van der Waals surface area (Å²) in [6, 6.07) is 2.62. The third-order valence-electron chi connectivity index (χ3n) is 4.20. The van der Waals surface area contributed by atoms with Crippen molar-refractivity contribution in [3.05, 3.63) is 40.3 Å². The maximum absolute atomic E-state index is 12.7. The molecular weight excluding hydrogens is 416 g/mol. The van der Waals surface area contributed by atoms with Gasteiger partial charge in [0.25, 0.3) is 10.0 Å². The van der Waals surface area contributed by atoms with Crippen molar-refractivity contribution in [1.82, 2.24) is 14.7 Å². The molecule has 10 heteroatoms. The van der Waals surface area contributed by atoms with Gasteiger partial charge in [0.15, 0.2) is 4.90 Å². The number of sulfonamides is 1. The lowest BCUT2D eigenvalue weighted by Crippen LogP contribution is -2.35. The van der Waals surface area contributed by atoms with Gasteiger partial charge in [0.2, 0.25) is 5.88 Å². The number of nitrogens with zero attached hydrogens (tertiary/aromatic N) is 2. The van der Waals surface area contributed by atoms with E-state index in [1.807, 2.05) is 32.4 Å². The van der Waals surface area contributed by atoms with E-state index in [1.165, 1.54) is 7.11 Å². The third kappa shape index (κ3) is 5.36. The number of benzene rings is 1. The van der Waals surface area contributed by atoms with Crippen LogP contribution in [-0.4, -0.2) is 31.5 Å². The van der Waals surface area contributed by atoms with Crippen LogP contribution >= 0.6 is 11.6 Å². The van der Waals surface area contributed by atoms with Gasteiger partial charge in [0.1, 0.15) is 5.82 Å². The molecule has 0 bridgehead atoms. The molecule has 1 aromatic carbocycles. The fourth-order valence-electron chi connectivity index (χ4n) is 2.79. The minimum absolute atomic E-state index is 0.0590. The Labute approximate surface area is 176 Å². The molecule has 8 nitrogen and oxygen atoms in total. The van der Waals surface area contributed by atoms with Crippen LogP contribution in [0.3, 0.4) is 0 Å². The number of halogens is 1. The molecule has 0 saturated heterocycles. The van der Waals surface area contributed by atoms with Crippen molar-refractivity contribution in [3.8, 4) is 5.88 Å². The lowest BCUT2D eigenvalue weighted by atomic mass is 9.92. The summed E-state index contributed by atoms with van der Waals surface area (Å²) in [5, 5.41) is 3.23. The van der Waals surface area contributed by atoms with Gasteiger partial charge < -0.3 is 10.1 Å². The normalized spacial score (nSPS) is 11.6. The van der Waals surface area contributed by atoms with Gasteiger partial charge in [-0.05, 0) is 42.0 Å². The molecule has 0 unspecified atom stereocenters. The highest BCUT2D eigenvalue weighted by atomic mass is 35.5. The first-order chi connectivity index (χ1) is 13.5. The number of amides is 2. The highest BCUT2D eigenvalue weighted by molar-refractivity contribution is 7.90. The second-order valence-corrected chi connectivity index (χ2v) is 9.21. The van der Waals surface area contributed by atoms with Gasteiger partial charge in [0, 0.05) is 10.7 Å². The van der Waals surface area contributed by atoms with E-state index in [0.717, 1.165) is 17.3 Å². The molecule has 2 rings (SSSR count). The number of methoxy groups -OCH3 is 1. The molecule has 1 heterocycles. The monoisotopic (exact) mass is 440 g/mol. The Kier molecular flexibility index (Phi) is 7.07. The van der Waals surface area contributed by atoms with Crippen molar-refractivity contribution in [2.45, 2.75) is 51.3 Å². The second-order valence-electron chi connectivity index (χ2n) is 7.12. The predicted molar refractivity (Wildman–Crippen MR) is 112 cm³/mol. The topological polar surface area (TPSA) is 110 Å². The van der Waals surface area contributed by atoms with Crippen LogP contribution < -0.4 is 14.8 Å². The summed E-state index contributed by atoms with van der Waals surface area (Å²) < 4.78 is 32.3. The van der Waals surface area contributed by atoms with Gasteiger partial charge in [-0.1, -0.05) is 39.3 Å². The van der Waals surface area contributed by atoms with E-state index in [9.17, 15) is 13.2 Å². The lowest BCUT2D eigenvalue weighted by Gasteiger charge is -2.21. The van der Waals surface area contributed by atoms with E-state index in [4.69, 9.17) is 16.3 Å². The smallest absolute Gasteiger partial charge is 0.333 e. The van der Waals surface area contributed by atoms with E-state index < -0.39 is 16.1 Å². The third-order valence-corrected chi connectivity index (χ3v) is 5.73. The molecule has 1 aromatic heterocycles. The number of carbonyl (C=O) groups is 1. The van der Waals surface area contributed by atoms with Gasteiger partial charge >= 0.3 is 6.03 Å². The summed E-state index contributed by atoms with van der Waals surface area (Å²) in [6.07, 6.45) is 1.10. The van der Waals surface area contributed by atoms with Crippen LogP contribution in [0.2, 0.25) is 5.02 Å². The average molecular weight is 441 g/mol. The SMILES string of the molecule is COc1nc(C)ncc1S(=O)(=O)NC(=O)Nc1c(C(C)C)cc(Cl)cc1C(C)C. The molecule has 0 radical (unpaired) electrons. The Bertz CT molecular complexity index is 994. The van der Waals surface area contributed by atoms with Gasteiger partial charge in [-0.15, -0.1) is 0 Å². The van der Waals surface area contributed by atoms with Crippen LogP contribution in [-0.2, 0) is 10.0 Å². The minimum atomic E-state index is -4.25. The van der Waals surface area contributed by atoms with E-state index in [1.54, 1.807) is 19.1 Å². The molecule has 0 fully saturated rings. The van der Waals surface area contributed by atoms with Crippen LogP contribution in [0, 0.1) is 6.92 Å². The number of hydrogen-bond donors (Lipinski definition) is 2. The summed E-state index contributed by atoms with van der Waals surface area (Å²) in [5.41, 5.74) is 2.16. The maximum atomic E-state index is 12.7. The van der Waals surface area contributed by atoms with Crippen LogP contribution in [0.5, 0.6) is 5.88 Å². The summed E-state index contributed by atoms with van der Waals surface area (Å²) in [7, 11) is -2.96. The summed E-state index contributed by atoms with van der Waals surface area (Å²) in [6.45, 7) is 9.45. The predicted octanol–water partition coefficient (Wildman–Crippen LogP) is 4.20. The summed E-state index contributed by atoms with van der Waals surface area (Å²) >= 11 is 6.23. The number of ether oxygens (including phenoxy) is 1. The second kappa shape index (κ2) is 8.96. The molecule has 0 aliphatic rings. The molecule has 0 spiro atoms. The highest BCUT2D eigenvalue weighted by Crippen LogP contribution is 2.35. The van der Waals surface area contributed by atoms with Crippen molar-refractivity contribution >= 4 is 33.3 Å². The fraction of sp³-hybridized carbons (Fsp3) is 0.421. The number of carbonyl (C=O) groups excluding carboxylic acids is 1. The largest absolute Gasteiger partial charge is 0.480 e. The zero-order chi connectivity index (χ0) is 21.9. The quantitative estimate of drug-likeness (QED) is 0.696. The molecule has 0 aliphatic carbocycles. The molecule has 29 heavy (non-hydrogen) atoms. The molecule has 2 N–H and O–H groups in total. The van der Waals surface area contributed by atoms with Crippen LogP contribution in [0.1, 0.15) is 56.5 Å². The van der Waals surface area contributed by atoms with Crippen molar-refractivity contribution in [1.29, 1.82) is 0 Å². The molecule has 2 amide bonds. The Morgan fingerprint density at radius 2 is 1.69 bits per heavy atom. The van der Waals surface area contributed by atoms with Crippen molar-refractivity contribution in [2.75, 3.05) is 12.4 Å². The summed E-state index contributed by atoms with van der Waals surface area (Å²) in [4.78, 5) is 20.1. The molecule has 0 saturated carbocycles. The number of rotatable bonds is 6. The van der Waals surface area contributed by atoms with Gasteiger partial charge in [-0.2, -0.15) is 4.98 Å². The Morgan fingerprint density at radius 3 is 2.17 bits per heavy atom. The molecule has 0 aliphatic heterocycles. The van der Waals surface area contributed by atoms with E-state index in [2.05, 4.69) is 15.3 Å². The van der Waals surface area contributed by atoms with Gasteiger partial charge in [-0.3, -0.25) is 0 Å². The van der Waals surface area contributed by atoms with Crippen molar-refractivity contribution in [2.24, 2.45) is 0 Å². The van der Waals surface area contributed by atoms with Crippen LogP contribution in [0.25, 0.3) is 0 Å². The van der Waals surface area contributed by atoms with Crippen LogP contribution in [0.15, 0.2) is 23.2 Å². The number of nitrogens with one attached hydrogen (secondary N) is 2. The Hall–Kier alpha value is -2.39. The fourth-order valence-corrected chi connectivity index (χ4v) is 3.98. The lowest BCUT2D eigenvalue weighted by molar-refractivity contribution is 0.256. The maximum Gasteiger partial charge on any atom is 0.333 e.